The average molecular weight is 297 g/mol. The van der Waals surface area contributed by atoms with E-state index >= 15 is 0 Å². The third-order valence-corrected chi connectivity index (χ3v) is 4.42. The average Bonchev–Trinajstić information content (AvgIpc) is 2.95. The summed E-state index contributed by atoms with van der Waals surface area (Å²) < 4.78 is 5.82. The van der Waals surface area contributed by atoms with Crippen molar-refractivity contribution < 1.29 is 4.42 Å². The van der Waals surface area contributed by atoms with Crippen LogP contribution < -0.4 is 5.32 Å². The van der Waals surface area contributed by atoms with Gasteiger partial charge in [0, 0.05) is 16.3 Å². The summed E-state index contributed by atoms with van der Waals surface area (Å²) in [7, 11) is 0. The summed E-state index contributed by atoms with van der Waals surface area (Å²) in [6, 6.07) is 19.2. The number of benzene rings is 2. The maximum atomic E-state index is 5.82. The lowest BCUT2D eigenvalue weighted by Crippen LogP contribution is -2.17. The van der Waals surface area contributed by atoms with E-state index in [9.17, 15) is 0 Å². The summed E-state index contributed by atoms with van der Waals surface area (Å²) in [5, 5.41) is 4.67. The van der Waals surface area contributed by atoms with Crippen molar-refractivity contribution in [3.05, 3.63) is 65.9 Å². The quantitative estimate of drug-likeness (QED) is 0.670. The Morgan fingerprint density at radius 2 is 1.86 bits per heavy atom. The van der Waals surface area contributed by atoms with Gasteiger partial charge >= 0.3 is 0 Å². The van der Waals surface area contributed by atoms with Crippen LogP contribution in [0.15, 0.2) is 63.9 Å². The molecule has 0 radical (unpaired) electrons. The minimum absolute atomic E-state index is 0.300. The fourth-order valence-electron chi connectivity index (χ4n) is 2.39. The Bertz CT molecular complexity index is 684. The van der Waals surface area contributed by atoms with Crippen LogP contribution in [0.1, 0.15) is 24.3 Å². The smallest absolute Gasteiger partial charge is 0.134 e. The Morgan fingerprint density at radius 3 is 2.57 bits per heavy atom. The number of rotatable bonds is 5. The molecule has 0 saturated heterocycles. The number of furan rings is 1. The van der Waals surface area contributed by atoms with Crippen molar-refractivity contribution in [1.82, 2.24) is 5.32 Å². The molecule has 0 amide bonds. The molecule has 3 heteroatoms. The van der Waals surface area contributed by atoms with E-state index in [1.807, 2.05) is 18.2 Å². The molecule has 0 aliphatic carbocycles. The lowest BCUT2D eigenvalue weighted by molar-refractivity contribution is 0.482. The summed E-state index contributed by atoms with van der Waals surface area (Å²) >= 11 is 1.77. The Kier molecular flexibility index (Phi) is 4.32. The summed E-state index contributed by atoms with van der Waals surface area (Å²) in [6.45, 7) is 2.91. The number of nitrogens with one attached hydrogen (secondary N) is 1. The predicted octanol–water partition coefficient (Wildman–Crippen LogP) is 5.01. The zero-order valence-corrected chi connectivity index (χ0v) is 13.1. The van der Waals surface area contributed by atoms with Gasteiger partial charge in [-0.3, -0.25) is 0 Å². The summed E-state index contributed by atoms with van der Waals surface area (Å²) in [6.07, 6.45) is 2.10. The van der Waals surface area contributed by atoms with Crippen molar-refractivity contribution >= 4 is 22.7 Å². The molecule has 0 aliphatic rings. The molecule has 21 heavy (non-hydrogen) atoms. The fraction of sp³-hybridized carbons (Fsp3) is 0.222. The number of fused-ring (bicyclic) bond motifs is 1. The first kappa shape index (κ1) is 14.2. The van der Waals surface area contributed by atoms with E-state index in [4.69, 9.17) is 4.42 Å². The fourth-order valence-corrected chi connectivity index (χ4v) is 2.80. The summed E-state index contributed by atoms with van der Waals surface area (Å²) in [5.41, 5.74) is 2.25. The van der Waals surface area contributed by atoms with Gasteiger partial charge in [-0.2, -0.15) is 0 Å². The molecule has 1 unspecified atom stereocenters. The zero-order chi connectivity index (χ0) is 14.7. The second kappa shape index (κ2) is 6.37. The van der Waals surface area contributed by atoms with Crippen molar-refractivity contribution in [2.75, 3.05) is 6.26 Å². The van der Waals surface area contributed by atoms with Gasteiger partial charge in [0.25, 0.3) is 0 Å². The molecule has 0 spiro atoms. The highest BCUT2D eigenvalue weighted by Gasteiger charge is 2.07. The molecule has 0 fully saturated rings. The standard InChI is InChI=1S/C18H19NOS/c1-13(14-7-9-17(21-2)10-8-14)19-12-16-11-15-5-3-4-6-18(15)20-16/h3-11,13,19H,12H2,1-2H3. The molecule has 2 nitrogen and oxygen atoms in total. The van der Waals surface area contributed by atoms with E-state index in [1.165, 1.54) is 10.5 Å². The molecular formula is C18H19NOS. The SMILES string of the molecule is CSc1ccc(C(C)NCc2cc3ccccc3o2)cc1. The van der Waals surface area contributed by atoms with Crippen LogP contribution in [0.5, 0.6) is 0 Å². The number of para-hydroxylation sites is 1. The van der Waals surface area contributed by atoms with Crippen LogP contribution in [0, 0.1) is 0 Å². The van der Waals surface area contributed by atoms with E-state index < -0.39 is 0 Å². The van der Waals surface area contributed by atoms with Crippen molar-refractivity contribution in [2.45, 2.75) is 24.4 Å². The monoisotopic (exact) mass is 297 g/mol. The van der Waals surface area contributed by atoms with E-state index in [-0.39, 0.29) is 0 Å². The first-order valence-corrected chi connectivity index (χ1v) is 8.33. The van der Waals surface area contributed by atoms with Crippen LogP contribution in [-0.4, -0.2) is 6.26 Å². The first-order chi connectivity index (χ1) is 10.3. The van der Waals surface area contributed by atoms with Gasteiger partial charge in [0.05, 0.1) is 6.54 Å². The van der Waals surface area contributed by atoms with Crippen LogP contribution in [-0.2, 0) is 6.54 Å². The Morgan fingerprint density at radius 1 is 1.10 bits per heavy atom. The highest BCUT2D eigenvalue weighted by Crippen LogP contribution is 2.21. The van der Waals surface area contributed by atoms with Crippen LogP contribution in [0.25, 0.3) is 11.0 Å². The van der Waals surface area contributed by atoms with Gasteiger partial charge in [-0.1, -0.05) is 30.3 Å². The highest BCUT2D eigenvalue weighted by atomic mass is 32.2. The predicted molar refractivity (Wildman–Crippen MR) is 89.7 cm³/mol. The molecule has 1 atom stereocenters. The summed E-state index contributed by atoms with van der Waals surface area (Å²) in [5.74, 6) is 0.976. The van der Waals surface area contributed by atoms with Crippen LogP contribution in [0.3, 0.4) is 0 Å². The lowest BCUT2D eigenvalue weighted by atomic mass is 10.1. The zero-order valence-electron chi connectivity index (χ0n) is 12.3. The maximum absolute atomic E-state index is 5.82. The molecule has 0 aliphatic heterocycles. The molecule has 1 aromatic heterocycles. The largest absolute Gasteiger partial charge is 0.460 e. The molecule has 2 aromatic carbocycles. The second-order valence-corrected chi connectivity index (χ2v) is 6.01. The number of hydrogen-bond acceptors (Lipinski definition) is 3. The van der Waals surface area contributed by atoms with E-state index in [0.717, 1.165) is 23.3 Å². The van der Waals surface area contributed by atoms with E-state index in [1.54, 1.807) is 11.8 Å². The van der Waals surface area contributed by atoms with Crippen molar-refractivity contribution in [3.8, 4) is 0 Å². The topological polar surface area (TPSA) is 25.2 Å². The van der Waals surface area contributed by atoms with Crippen LogP contribution >= 0.6 is 11.8 Å². The molecular weight excluding hydrogens is 278 g/mol. The van der Waals surface area contributed by atoms with E-state index in [2.05, 4.69) is 54.9 Å². The molecule has 3 rings (SSSR count). The van der Waals surface area contributed by atoms with Crippen molar-refractivity contribution in [1.29, 1.82) is 0 Å². The highest BCUT2D eigenvalue weighted by molar-refractivity contribution is 7.98. The van der Waals surface area contributed by atoms with Crippen molar-refractivity contribution in [2.24, 2.45) is 0 Å². The molecule has 3 aromatic rings. The number of thioether (sulfide) groups is 1. The van der Waals surface area contributed by atoms with E-state index in [0.29, 0.717) is 6.04 Å². The van der Waals surface area contributed by atoms with Gasteiger partial charge < -0.3 is 9.73 Å². The third-order valence-electron chi connectivity index (χ3n) is 3.67. The van der Waals surface area contributed by atoms with Gasteiger partial charge in [-0.25, -0.2) is 0 Å². The second-order valence-electron chi connectivity index (χ2n) is 5.13. The molecule has 0 saturated carbocycles. The molecule has 108 valence electrons. The number of hydrogen-bond donors (Lipinski definition) is 1. The Hall–Kier alpha value is -1.71. The van der Waals surface area contributed by atoms with Gasteiger partial charge in [0.2, 0.25) is 0 Å². The van der Waals surface area contributed by atoms with Gasteiger partial charge in [-0.15, -0.1) is 11.8 Å². The van der Waals surface area contributed by atoms with Gasteiger partial charge in [-0.05, 0) is 43.0 Å². The normalized spacial score (nSPS) is 12.7. The van der Waals surface area contributed by atoms with Gasteiger partial charge in [0.15, 0.2) is 0 Å². The Labute approximate surface area is 129 Å². The molecule has 0 bridgehead atoms. The van der Waals surface area contributed by atoms with Crippen LogP contribution in [0.2, 0.25) is 0 Å². The third kappa shape index (κ3) is 3.31. The summed E-state index contributed by atoms with van der Waals surface area (Å²) in [4.78, 5) is 1.29. The first-order valence-electron chi connectivity index (χ1n) is 7.11. The van der Waals surface area contributed by atoms with Gasteiger partial charge in [0.1, 0.15) is 11.3 Å². The molecule has 1 heterocycles. The Balaban J connectivity index is 1.65. The minimum Gasteiger partial charge on any atom is -0.460 e. The van der Waals surface area contributed by atoms with Crippen LogP contribution in [0.4, 0.5) is 0 Å². The lowest BCUT2D eigenvalue weighted by Gasteiger charge is -2.13. The minimum atomic E-state index is 0.300. The molecule has 1 N–H and O–H groups in total. The maximum Gasteiger partial charge on any atom is 0.134 e. The van der Waals surface area contributed by atoms with Crippen molar-refractivity contribution in [3.63, 3.8) is 0 Å².